The second kappa shape index (κ2) is 35.0. The first-order chi connectivity index (χ1) is 46.7. The van der Waals surface area contributed by atoms with Gasteiger partial charge in [0.05, 0.1) is 46.2 Å². The fraction of sp³-hybridized carbons (Fsp3) is 0.926. The highest BCUT2D eigenvalue weighted by atomic mass is 16.8. The number of amides is 3. The maximum absolute atomic E-state index is 12.9. The molecule has 8 heterocycles. The Bertz CT molecular complexity index is 2600. The first-order valence-electron chi connectivity index (χ1n) is 31.1. The topological polar surface area (TPSA) is 708 Å². The van der Waals surface area contributed by atoms with E-state index in [4.69, 9.17) is 71.1 Å². The average molecular weight is 1450 g/mol. The van der Waals surface area contributed by atoms with Crippen molar-refractivity contribution in [3.8, 4) is 0 Å². The molecule has 572 valence electrons. The summed E-state index contributed by atoms with van der Waals surface area (Å²) in [5.41, 5.74) is 0. The Balaban J connectivity index is 1.08. The van der Waals surface area contributed by atoms with Crippen LogP contribution < -0.4 is 16.0 Å². The minimum Gasteiger partial charge on any atom is -0.479 e. The number of hydrogen-bond donors (Lipinski definition) is 26. The van der Waals surface area contributed by atoms with E-state index in [9.17, 15) is 137 Å². The number of hydrogen-bond acceptors (Lipinski definition) is 41. The Hall–Kier alpha value is -3.60. The molecule has 0 unspecified atom stereocenters. The van der Waals surface area contributed by atoms with E-state index in [1.807, 2.05) is 0 Å². The Labute approximate surface area is 558 Å². The monoisotopic (exact) mass is 1450 g/mol. The second-order valence-electron chi connectivity index (χ2n) is 24.7. The summed E-state index contributed by atoms with van der Waals surface area (Å²) in [7, 11) is 0. The number of carbonyl (C=O) groups excluding carboxylic acids is 3. The molecule has 8 fully saturated rings. The van der Waals surface area contributed by atoms with Crippen molar-refractivity contribution in [1.29, 1.82) is 0 Å². The Morgan fingerprint density at radius 1 is 0.293 bits per heavy atom. The number of carboxylic acid groups (broad SMARTS) is 1. The van der Waals surface area contributed by atoms with Gasteiger partial charge < -0.3 is 204 Å². The molecule has 0 aromatic carbocycles. The molecule has 0 aromatic heterocycles. The van der Waals surface area contributed by atoms with E-state index in [1.54, 1.807) is 0 Å². The van der Waals surface area contributed by atoms with Crippen molar-refractivity contribution >= 4 is 23.7 Å². The molecule has 0 bridgehead atoms. The van der Waals surface area contributed by atoms with Crippen LogP contribution in [-0.2, 0) is 90.2 Å². The fourth-order valence-corrected chi connectivity index (χ4v) is 12.6. The third kappa shape index (κ3) is 17.7. The largest absolute Gasteiger partial charge is 0.479 e. The van der Waals surface area contributed by atoms with Crippen LogP contribution in [0.4, 0.5) is 0 Å². The van der Waals surface area contributed by atoms with Crippen molar-refractivity contribution in [1.82, 2.24) is 16.0 Å². The molecule has 8 aliphatic heterocycles. The van der Waals surface area contributed by atoms with Crippen LogP contribution in [0.25, 0.3) is 0 Å². The summed E-state index contributed by atoms with van der Waals surface area (Å²) in [6, 6.07) is -5.46. The molecular weight excluding hydrogens is 1360 g/mol. The third-order valence-corrected chi connectivity index (χ3v) is 17.8. The molecule has 0 aromatic rings. The quantitative estimate of drug-likeness (QED) is 0.0404. The van der Waals surface area contributed by atoms with Crippen molar-refractivity contribution in [2.24, 2.45) is 0 Å². The molecule has 99 heavy (non-hydrogen) atoms. The zero-order valence-corrected chi connectivity index (χ0v) is 52.6. The van der Waals surface area contributed by atoms with Gasteiger partial charge in [-0.05, 0) is 0 Å². The highest BCUT2D eigenvalue weighted by Gasteiger charge is 2.60. The zero-order chi connectivity index (χ0) is 73.1. The number of ether oxygens (including phenoxy) is 15. The van der Waals surface area contributed by atoms with Crippen molar-refractivity contribution < 1.29 is 208 Å². The Kier molecular flexibility index (Phi) is 28.7. The van der Waals surface area contributed by atoms with Gasteiger partial charge in [0, 0.05) is 20.8 Å². The average Bonchev–Trinajstić information content (AvgIpc) is 0.771. The number of aliphatic carboxylic acids is 1. The molecule has 0 saturated carbocycles. The van der Waals surface area contributed by atoms with Crippen molar-refractivity contribution in [3.63, 3.8) is 0 Å². The first kappa shape index (κ1) is 81.1. The van der Waals surface area contributed by atoms with Gasteiger partial charge in [-0.15, -0.1) is 0 Å². The number of aliphatic hydroxyl groups excluding tert-OH is 22. The number of nitrogens with one attached hydrogen (secondary N) is 3. The molecule has 8 saturated heterocycles. The Morgan fingerprint density at radius 2 is 0.616 bits per heavy atom. The van der Waals surface area contributed by atoms with E-state index in [1.165, 1.54) is 0 Å². The maximum atomic E-state index is 12.9. The van der Waals surface area contributed by atoms with E-state index in [-0.39, 0.29) is 0 Å². The van der Waals surface area contributed by atoms with E-state index in [0.29, 0.717) is 0 Å². The maximum Gasteiger partial charge on any atom is 0.335 e. The minimum absolute atomic E-state index is 0.762. The summed E-state index contributed by atoms with van der Waals surface area (Å²) in [5, 5.41) is 258. The van der Waals surface area contributed by atoms with Gasteiger partial charge >= 0.3 is 5.97 Å². The van der Waals surface area contributed by atoms with E-state index < -0.39 is 315 Å². The molecule has 0 spiro atoms. The standard InChI is InChI=1S/C54H89N3O42/c1-11(64)55-21-28(71)39(17(7-61)86-47(21)84)93-48-22(56-12(2)65)29(72)41(18(8-62)90-48)95-53-38(81)43(27(70)20(92-53)10-85-50-35(78)31(74)24(67)14(4-58)87-50)97-54-45(33(76)25(68)15(5-59)89-54)99-49-23(57-13(3)66)30(73)40(19(9-63)91-49)94-52-37(80)42(26(69)16(6-60)88-52)96-51-36(79)32(75)34(77)44(98-51)46(82)83/h14-45,47-54,58-63,67-81,84H,4-10H2,1-3H3,(H,55,64)(H,56,65)(H,57,66)(H,82,83)/t14-,15-,16-,17-,18-,19-,20-,21-,22-,23-,24-,25-,26+,27-,28-,29-,30-,31+,32+,33+,34+,35+,36-,37-,38+,39-,40-,41-,42+,43+,44+,45+,47-,48+,49+,50+,51-,52+,53+,54-/m1/s1. The second-order valence-corrected chi connectivity index (χ2v) is 24.7. The number of rotatable bonds is 25. The number of carbonyl (C=O) groups is 4. The summed E-state index contributed by atoms with van der Waals surface area (Å²) in [4.78, 5) is 49.6. The van der Waals surface area contributed by atoms with Crippen LogP contribution in [-0.4, -0.2) is 433 Å². The molecule has 40 atom stereocenters. The summed E-state index contributed by atoms with van der Waals surface area (Å²) < 4.78 is 86.7. The zero-order valence-electron chi connectivity index (χ0n) is 52.6. The molecular formula is C54H89N3O42. The van der Waals surface area contributed by atoms with Crippen LogP contribution in [0.1, 0.15) is 20.8 Å². The van der Waals surface area contributed by atoms with E-state index in [2.05, 4.69) is 16.0 Å². The highest BCUT2D eigenvalue weighted by molar-refractivity contribution is 5.74. The lowest BCUT2D eigenvalue weighted by Crippen LogP contribution is -2.71. The van der Waals surface area contributed by atoms with Crippen molar-refractivity contribution in [3.05, 3.63) is 0 Å². The summed E-state index contributed by atoms with van der Waals surface area (Å²) in [6.07, 6.45) is -77.6. The fourth-order valence-electron chi connectivity index (χ4n) is 12.6. The van der Waals surface area contributed by atoms with Crippen molar-refractivity contribution in [2.75, 3.05) is 46.2 Å². The van der Waals surface area contributed by atoms with Crippen LogP contribution in [0.3, 0.4) is 0 Å². The smallest absolute Gasteiger partial charge is 0.335 e. The van der Waals surface area contributed by atoms with Gasteiger partial charge in [0.15, 0.2) is 56.4 Å². The first-order valence-corrected chi connectivity index (χ1v) is 31.1. The van der Waals surface area contributed by atoms with Crippen molar-refractivity contribution in [2.45, 2.75) is 266 Å². The molecule has 3 amide bonds. The SMILES string of the molecule is CC(=O)N[C@@H]1[C@@H](O)[C@H](O[C@@H]2O[C@H](CO)[C@@H](O[C@@H]3O[C@H](CO[C@H]4O[C@H](CO)[C@@H](O)[C@H](O)[C@@H]4O)[C@@H](O)[C@H](O[C@H]4O[C@H](CO)[C@@H](O)[C@H](O)[C@@H]4O[C@@H]4O[C@H](CO)[C@@H](O[C@@H]5O[C@H](CO)[C@H](O)[C@H](O[C@@H]6O[C@H](C(=O)O)[C@@H](O)[C@H](O)[C@H]6O)[C@H]5O)[C@H](O)[C@H]4NC(C)=O)[C@@H]3O)[C@H](O)[C@H]2NC(C)=O)[C@@H](CO)O[C@H]1O. The molecule has 26 N–H and O–H groups in total. The van der Waals surface area contributed by atoms with Gasteiger partial charge in [-0.25, -0.2) is 4.79 Å². The van der Waals surface area contributed by atoms with Gasteiger partial charge in [-0.2, -0.15) is 0 Å². The van der Waals surface area contributed by atoms with Gasteiger partial charge in [0.2, 0.25) is 17.7 Å². The lowest BCUT2D eigenvalue weighted by Gasteiger charge is -2.51. The molecule has 8 aliphatic rings. The van der Waals surface area contributed by atoms with E-state index in [0.717, 1.165) is 20.8 Å². The lowest BCUT2D eigenvalue weighted by molar-refractivity contribution is -0.398. The third-order valence-electron chi connectivity index (χ3n) is 17.8. The van der Waals surface area contributed by atoms with Gasteiger partial charge in [-0.1, -0.05) is 0 Å². The molecule has 45 nitrogen and oxygen atoms in total. The predicted molar refractivity (Wildman–Crippen MR) is 300 cm³/mol. The van der Waals surface area contributed by atoms with Gasteiger partial charge in [0.25, 0.3) is 0 Å². The molecule has 45 heteroatoms. The molecule has 0 radical (unpaired) electrons. The predicted octanol–water partition coefficient (Wildman–Crippen LogP) is -17.9. The number of aliphatic hydroxyl groups is 22. The lowest BCUT2D eigenvalue weighted by atomic mass is 9.93. The Morgan fingerprint density at radius 3 is 1.08 bits per heavy atom. The summed E-state index contributed by atoms with van der Waals surface area (Å²) in [5.74, 6) is -4.49. The van der Waals surface area contributed by atoms with Crippen LogP contribution in [0, 0.1) is 0 Å². The van der Waals surface area contributed by atoms with Crippen LogP contribution in [0.5, 0.6) is 0 Å². The number of carboxylic acids is 1. The van der Waals surface area contributed by atoms with Crippen LogP contribution in [0.15, 0.2) is 0 Å². The summed E-state index contributed by atoms with van der Waals surface area (Å²) in [6.45, 7) is -4.63. The minimum atomic E-state index is -2.48. The van der Waals surface area contributed by atoms with E-state index >= 15 is 0 Å². The molecule has 0 aliphatic carbocycles. The van der Waals surface area contributed by atoms with Crippen LogP contribution in [0.2, 0.25) is 0 Å². The molecule has 8 rings (SSSR count). The van der Waals surface area contributed by atoms with Crippen LogP contribution >= 0.6 is 0 Å². The normalized spacial score (nSPS) is 49.1. The van der Waals surface area contributed by atoms with Gasteiger partial charge in [-0.3, -0.25) is 14.4 Å². The summed E-state index contributed by atoms with van der Waals surface area (Å²) >= 11 is 0. The highest BCUT2D eigenvalue weighted by Crippen LogP contribution is 2.39. The van der Waals surface area contributed by atoms with Gasteiger partial charge in [0.1, 0.15) is 189 Å².